The van der Waals surface area contributed by atoms with Crippen LogP contribution in [0.4, 0.5) is 0 Å². The first-order chi connectivity index (χ1) is 5.77. The molecule has 1 aliphatic rings. The zero-order chi connectivity index (χ0) is 8.55. The molecule has 0 bridgehead atoms. The number of hydrogen-bond acceptors (Lipinski definition) is 4. The van der Waals surface area contributed by atoms with Crippen LogP contribution in [0.25, 0.3) is 0 Å². The van der Waals surface area contributed by atoms with E-state index in [0.717, 1.165) is 23.0 Å². The van der Waals surface area contributed by atoms with Crippen molar-refractivity contribution < 1.29 is 4.79 Å². The molecule has 4 heteroatoms. The molecule has 0 radical (unpaired) electrons. The number of rotatable bonds is 2. The van der Waals surface area contributed by atoms with Gasteiger partial charge in [-0.1, -0.05) is 0 Å². The van der Waals surface area contributed by atoms with Gasteiger partial charge in [-0.15, -0.1) is 11.3 Å². The number of Topliss-reactive ketones (excluding diaryl/α,β-unsaturated/α-hetero) is 1. The van der Waals surface area contributed by atoms with E-state index in [4.69, 9.17) is 0 Å². The average molecular weight is 182 g/mol. The zero-order valence-corrected chi connectivity index (χ0v) is 7.65. The Kier molecular flexibility index (Phi) is 1.94. The van der Waals surface area contributed by atoms with Gasteiger partial charge >= 0.3 is 0 Å². The minimum atomic E-state index is 0.117. The Morgan fingerprint density at radius 2 is 2.50 bits per heavy atom. The first-order valence-electron chi connectivity index (χ1n) is 3.95. The number of carbonyl (C=O) groups excluding carboxylic acids is 1. The van der Waals surface area contributed by atoms with Gasteiger partial charge in [0.15, 0.2) is 5.78 Å². The van der Waals surface area contributed by atoms with Gasteiger partial charge in [0, 0.05) is 32.1 Å². The molecule has 1 saturated heterocycles. The number of aromatic nitrogens is 1. The van der Waals surface area contributed by atoms with Crippen LogP contribution in [-0.2, 0) is 0 Å². The summed E-state index contributed by atoms with van der Waals surface area (Å²) in [5.74, 6) is 0.661. The fourth-order valence-electron chi connectivity index (χ4n) is 1.10. The topological polar surface area (TPSA) is 42.0 Å². The monoisotopic (exact) mass is 182 g/mol. The summed E-state index contributed by atoms with van der Waals surface area (Å²) in [6.45, 7) is 3.59. The van der Waals surface area contributed by atoms with Gasteiger partial charge in [-0.05, 0) is 0 Å². The Morgan fingerprint density at radius 3 is 2.92 bits per heavy atom. The molecule has 0 unspecified atom stereocenters. The first-order valence-corrected chi connectivity index (χ1v) is 4.76. The summed E-state index contributed by atoms with van der Waals surface area (Å²) in [5.41, 5.74) is 0. The molecule has 0 aliphatic carbocycles. The smallest absolute Gasteiger partial charge is 0.171 e. The molecule has 12 heavy (non-hydrogen) atoms. The molecule has 2 heterocycles. The lowest BCUT2D eigenvalue weighted by Crippen LogP contribution is -2.39. The predicted molar refractivity (Wildman–Crippen MR) is 47.7 cm³/mol. The molecule has 0 atom stereocenters. The maximum Gasteiger partial charge on any atom is 0.171 e. The SMILES string of the molecule is CC(=O)c1cnc(C2CNC2)s1. The first kappa shape index (κ1) is 7.89. The van der Waals surface area contributed by atoms with Crippen LogP contribution in [-0.4, -0.2) is 23.9 Å². The minimum Gasteiger partial charge on any atom is -0.315 e. The van der Waals surface area contributed by atoms with Crippen molar-refractivity contribution in [2.75, 3.05) is 13.1 Å². The van der Waals surface area contributed by atoms with Crippen molar-refractivity contribution in [2.45, 2.75) is 12.8 Å². The highest BCUT2D eigenvalue weighted by atomic mass is 32.1. The normalized spacial score (nSPS) is 17.4. The second-order valence-corrected chi connectivity index (χ2v) is 4.04. The molecule has 0 saturated carbocycles. The molecule has 1 fully saturated rings. The van der Waals surface area contributed by atoms with Crippen molar-refractivity contribution >= 4 is 17.1 Å². The summed E-state index contributed by atoms with van der Waals surface area (Å²) in [6, 6.07) is 0. The summed E-state index contributed by atoms with van der Waals surface area (Å²) >= 11 is 1.52. The second kappa shape index (κ2) is 2.95. The lowest BCUT2D eigenvalue weighted by molar-refractivity contribution is 0.102. The minimum absolute atomic E-state index is 0.117. The van der Waals surface area contributed by atoms with Gasteiger partial charge in [-0.3, -0.25) is 4.79 Å². The van der Waals surface area contributed by atoms with Crippen molar-refractivity contribution in [3.8, 4) is 0 Å². The van der Waals surface area contributed by atoms with E-state index in [0.29, 0.717) is 5.92 Å². The molecule has 64 valence electrons. The van der Waals surface area contributed by atoms with E-state index in [-0.39, 0.29) is 5.78 Å². The number of ketones is 1. The summed E-state index contributed by atoms with van der Waals surface area (Å²) in [5, 5.41) is 4.28. The van der Waals surface area contributed by atoms with E-state index >= 15 is 0 Å². The number of carbonyl (C=O) groups is 1. The maximum atomic E-state index is 10.9. The van der Waals surface area contributed by atoms with Gasteiger partial charge in [0.05, 0.1) is 9.88 Å². The fourth-order valence-corrected chi connectivity index (χ4v) is 2.02. The summed E-state index contributed by atoms with van der Waals surface area (Å²) < 4.78 is 0. The molecule has 1 aliphatic heterocycles. The van der Waals surface area contributed by atoms with Crippen molar-refractivity contribution in [1.82, 2.24) is 10.3 Å². The molecule has 2 rings (SSSR count). The second-order valence-electron chi connectivity index (χ2n) is 2.97. The third-order valence-corrected chi connectivity index (χ3v) is 3.26. The standard InChI is InChI=1S/C8H10N2OS/c1-5(11)7-4-10-8(12-7)6-2-9-3-6/h4,6,9H,2-3H2,1H3. The molecule has 0 amide bonds. The van der Waals surface area contributed by atoms with Crippen molar-refractivity contribution in [2.24, 2.45) is 0 Å². The lowest BCUT2D eigenvalue weighted by atomic mass is 10.1. The van der Waals surface area contributed by atoms with Gasteiger partial charge in [0.1, 0.15) is 0 Å². The van der Waals surface area contributed by atoms with Gasteiger partial charge in [-0.2, -0.15) is 0 Å². The van der Waals surface area contributed by atoms with E-state index in [9.17, 15) is 4.79 Å². The summed E-state index contributed by atoms with van der Waals surface area (Å²) in [6.07, 6.45) is 1.68. The third-order valence-electron chi connectivity index (χ3n) is 2.00. The van der Waals surface area contributed by atoms with E-state index in [1.54, 1.807) is 13.1 Å². The van der Waals surface area contributed by atoms with Crippen molar-refractivity contribution in [1.29, 1.82) is 0 Å². The fraction of sp³-hybridized carbons (Fsp3) is 0.500. The molecule has 0 spiro atoms. The van der Waals surface area contributed by atoms with Crippen LogP contribution < -0.4 is 5.32 Å². The highest BCUT2D eigenvalue weighted by molar-refractivity contribution is 7.13. The average Bonchev–Trinajstić information content (AvgIpc) is 2.32. The van der Waals surface area contributed by atoms with Crippen LogP contribution in [0, 0.1) is 0 Å². The van der Waals surface area contributed by atoms with Gasteiger partial charge < -0.3 is 5.32 Å². The van der Waals surface area contributed by atoms with Gasteiger partial charge in [0.2, 0.25) is 0 Å². The Bertz CT molecular complexity index is 304. The highest BCUT2D eigenvalue weighted by Gasteiger charge is 2.22. The van der Waals surface area contributed by atoms with Crippen LogP contribution in [0.15, 0.2) is 6.20 Å². The number of nitrogens with one attached hydrogen (secondary N) is 1. The zero-order valence-electron chi connectivity index (χ0n) is 6.83. The molecular formula is C8H10N2OS. The van der Waals surface area contributed by atoms with E-state index in [1.807, 2.05) is 0 Å². The van der Waals surface area contributed by atoms with Crippen molar-refractivity contribution in [3.05, 3.63) is 16.1 Å². The van der Waals surface area contributed by atoms with E-state index in [1.165, 1.54) is 11.3 Å². The van der Waals surface area contributed by atoms with Crippen LogP contribution in [0.2, 0.25) is 0 Å². The van der Waals surface area contributed by atoms with E-state index in [2.05, 4.69) is 10.3 Å². The molecular weight excluding hydrogens is 172 g/mol. The number of thiazole rings is 1. The molecule has 3 nitrogen and oxygen atoms in total. The van der Waals surface area contributed by atoms with E-state index < -0.39 is 0 Å². The van der Waals surface area contributed by atoms with Crippen LogP contribution in [0.1, 0.15) is 27.5 Å². The van der Waals surface area contributed by atoms with Crippen LogP contribution in [0.3, 0.4) is 0 Å². The Hall–Kier alpha value is -0.740. The molecule has 1 aromatic rings. The quantitative estimate of drug-likeness (QED) is 0.695. The predicted octanol–water partition coefficient (Wildman–Crippen LogP) is 1.03. The van der Waals surface area contributed by atoms with Gasteiger partial charge in [0.25, 0.3) is 0 Å². The van der Waals surface area contributed by atoms with Crippen LogP contribution in [0.5, 0.6) is 0 Å². The Morgan fingerprint density at radius 1 is 1.75 bits per heavy atom. The third kappa shape index (κ3) is 1.28. The van der Waals surface area contributed by atoms with Gasteiger partial charge in [-0.25, -0.2) is 4.98 Å². The Labute approximate surface area is 74.8 Å². The lowest BCUT2D eigenvalue weighted by Gasteiger charge is -2.24. The summed E-state index contributed by atoms with van der Waals surface area (Å²) in [7, 11) is 0. The molecule has 0 aromatic carbocycles. The molecule has 1 aromatic heterocycles. The maximum absolute atomic E-state index is 10.9. The number of hydrogen-bond donors (Lipinski definition) is 1. The van der Waals surface area contributed by atoms with Crippen molar-refractivity contribution in [3.63, 3.8) is 0 Å². The number of nitrogens with zero attached hydrogens (tertiary/aromatic N) is 1. The largest absolute Gasteiger partial charge is 0.315 e. The molecule has 1 N–H and O–H groups in total. The summed E-state index contributed by atoms with van der Waals surface area (Å²) in [4.78, 5) is 15.9. The highest BCUT2D eigenvalue weighted by Crippen LogP contribution is 2.24. The Balaban J connectivity index is 2.17. The van der Waals surface area contributed by atoms with Crippen LogP contribution >= 0.6 is 11.3 Å².